The van der Waals surface area contributed by atoms with Gasteiger partial charge in [0.2, 0.25) is 0 Å². The van der Waals surface area contributed by atoms with E-state index in [1.807, 2.05) is 6.20 Å². The van der Waals surface area contributed by atoms with Crippen LogP contribution in [0.4, 0.5) is 5.82 Å². The third-order valence-electron chi connectivity index (χ3n) is 3.57. The van der Waals surface area contributed by atoms with Gasteiger partial charge in [0.15, 0.2) is 0 Å². The zero-order valence-corrected chi connectivity index (χ0v) is 13.5. The molecule has 1 atom stereocenters. The Balaban J connectivity index is 1.97. The molecule has 19 heavy (non-hydrogen) atoms. The molecule has 1 aromatic heterocycles. The van der Waals surface area contributed by atoms with Crippen LogP contribution in [0.25, 0.3) is 0 Å². The van der Waals surface area contributed by atoms with Crippen molar-refractivity contribution in [2.45, 2.75) is 39.2 Å². The molecule has 2 rings (SSSR count). The Kier molecular flexibility index (Phi) is 5.64. The summed E-state index contributed by atoms with van der Waals surface area (Å²) in [4.78, 5) is 7.01. The molecule has 4 heteroatoms. The lowest BCUT2D eigenvalue weighted by Crippen LogP contribution is -2.46. The Morgan fingerprint density at radius 2 is 2.26 bits per heavy atom. The number of nitrogens with zero attached hydrogens (tertiary/aromatic N) is 2. The lowest BCUT2D eigenvalue weighted by Gasteiger charge is -2.37. The van der Waals surface area contributed by atoms with E-state index in [4.69, 9.17) is 0 Å². The lowest BCUT2D eigenvalue weighted by molar-refractivity contribution is 0.420. The van der Waals surface area contributed by atoms with E-state index in [-0.39, 0.29) is 0 Å². The Morgan fingerprint density at radius 1 is 1.42 bits per heavy atom. The minimum Gasteiger partial charge on any atom is -0.352 e. The van der Waals surface area contributed by atoms with Gasteiger partial charge in [-0.2, -0.15) is 0 Å². The summed E-state index contributed by atoms with van der Waals surface area (Å²) < 4.78 is 1.04. The first-order chi connectivity index (χ1) is 9.16. The molecule has 1 unspecified atom stereocenters. The first-order valence-electron chi connectivity index (χ1n) is 7.25. The summed E-state index contributed by atoms with van der Waals surface area (Å²) in [5, 5.41) is 3.59. The summed E-state index contributed by atoms with van der Waals surface area (Å²) in [5.41, 5.74) is 0. The third-order valence-corrected chi connectivity index (χ3v) is 4.03. The minimum absolute atomic E-state index is 0.584. The maximum absolute atomic E-state index is 4.55. The molecule has 2 heterocycles. The minimum atomic E-state index is 0.584. The van der Waals surface area contributed by atoms with Gasteiger partial charge in [-0.1, -0.05) is 13.8 Å². The molecule has 106 valence electrons. The third kappa shape index (κ3) is 4.46. The molecule has 1 N–H and O–H groups in total. The summed E-state index contributed by atoms with van der Waals surface area (Å²) in [5.74, 6) is 1.82. The molecule has 0 spiro atoms. The number of anilines is 1. The second-order valence-corrected chi connectivity index (χ2v) is 6.65. The largest absolute Gasteiger partial charge is 0.352 e. The van der Waals surface area contributed by atoms with Crippen molar-refractivity contribution < 1.29 is 0 Å². The molecule has 3 nitrogen and oxygen atoms in total. The van der Waals surface area contributed by atoms with Gasteiger partial charge in [-0.05, 0) is 59.8 Å². The van der Waals surface area contributed by atoms with Gasteiger partial charge in [0.1, 0.15) is 5.82 Å². The van der Waals surface area contributed by atoms with Gasteiger partial charge in [-0.3, -0.25) is 0 Å². The molecule has 0 aromatic carbocycles. The van der Waals surface area contributed by atoms with E-state index in [1.54, 1.807) is 0 Å². The van der Waals surface area contributed by atoms with E-state index in [0.29, 0.717) is 12.0 Å². The Bertz CT molecular complexity index is 377. The topological polar surface area (TPSA) is 28.2 Å². The number of piperidine rings is 1. The van der Waals surface area contributed by atoms with Gasteiger partial charge in [-0.25, -0.2) is 4.98 Å². The predicted molar refractivity (Wildman–Crippen MR) is 84.6 cm³/mol. The van der Waals surface area contributed by atoms with Gasteiger partial charge < -0.3 is 10.2 Å². The Morgan fingerprint density at radius 3 is 2.95 bits per heavy atom. The van der Waals surface area contributed by atoms with Crippen molar-refractivity contribution in [2.24, 2.45) is 5.92 Å². The zero-order chi connectivity index (χ0) is 13.7. The van der Waals surface area contributed by atoms with Crippen LogP contribution in [0.5, 0.6) is 0 Å². The van der Waals surface area contributed by atoms with Gasteiger partial charge in [0, 0.05) is 29.8 Å². The summed E-state index contributed by atoms with van der Waals surface area (Å²) in [6, 6.07) is 4.78. The van der Waals surface area contributed by atoms with Crippen LogP contribution in [0.3, 0.4) is 0 Å². The number of nitrogens with one attached hydrogen (secondary N) is 1. The average molecular weight is 326 g/mol. The summed E-state index contributed by atoms with van der Waals surface area (Å²) in [6.07, 6.45) is 5.77. The van der Waals surface area contributed by atoms with Gasteiger partial charge in [0.05, 0.1) is 0 Å². The van der Waals surface area contributed by atoms with Gasteiger partial charge in [0.25, 0.3) is 0 Å². The molecule has 1 aromatic rings. The molecule has 1 saturated heterocycles. The summed E-state index contributed by atoms with van der Waals surface area (Å²) in [6.45, 7) is 7.79. The van der Waals surface area contributed by atoms with Crippen LogP contribution in [0.2, 0.25) is 0 Å². The van der Waals surface area contributed by atoms with Crippen LogP contribution in [0, 0.1) is 5.92 Å². The van der Waals surface area contributed by atoms with Crippen LogP contribution >= 0.6 is 15.9 Å². The van der Waals surface area contributed by atoms with E-state index >= 15 is 0 Å². The number of aromatic nitrogens is 1. The molecule has 0 amide bonds. The second-order valence-electron chi connectivity index (χ2n) is 5.73. The quantitative estimate of drug-likeness (QED) is 0.898. The molecule has 0 aliphatic carbocycles. The van der Waals surface area contributed by atoms with E-state index in [0.717, 1.165) is 29.9 Å². The maximum atomic E-state index is 4.55. The fourth-order valence-electron chi connectivity index (χ4n) is 2.59. The predicted octanol–water partition coefficient (Wildman–Crippen LogP) is 3.45. The highest BCUT2D eigenvalue weighted by Gasteiger charge is 2.23. The van der Waals surface area contributed by atoms with Crippen molar-refractivity contribution >= 4 is 21.7 Å². The van der Waals surface area contributed by atoms with E-state index in [2.05, 4.69) is 57.1 Å². The molecule has 0 saturated carbocycles. The van der Waals surface area contributed by atoms with Gasteiger partial charge >= 0.3 is 0 Å². The lowest BCUT2D eigenvalue weighted by atomic mass is 10.0. The fraction of sp³-hybridized carbons (Fsp3) is 0.667. The van der Waals surface area contributed by atoms with Crippen LogP contribution < -0.4 is 10.2 Å². The van der Waals surface area contributed by atoms with Crippen molar-refractivity contribution in [3.05, 3.63) is 22.8 Å². The highest BCUT2D eigenvalue weighted by atomic mass is 79.9. The first-order valence-corrected chi connectivity index (χ1v) is 8.05. The van der Waals surface area contributed by atoms with Crippen molar-refractivity contribution in [2.75, 3.05) is 24.5 Å². The van der Waals surface area contributed by atoms with Crippen LogP contribution in [0.15, 0.2) is 22.8 Å². The second kappa shape index (κ2) is 7.25. The van der Waals surface area contributed by atoms with Crippen molar-refractivity contribution in [1.29, 1.82) is 0 Å². The molecular formula is C15H24BrN3. The Hall–Kier alpha value is -0.610. The smallest absolute Gasteiger partial charge is 0.128 e. The number of hydrogen-bond donors (Lipinski definition) is 1. The molecule has 0 bridgehead atoms. The summed E-state index contributed by atoms with van der Waals surface area (Å²) in [7, 11) is 0. The van der Waals surface area contributed by atoms with Crippen molar-refractivity contribution in [3.8, 4) is 0 Å². The average Bonchev–Trinajstić information content (AvgIpc) is 2.40. The molecule has 0 radical (unpaired) electrons. The monoisotopic (exact) mass is 325 g/mol. The molecule has 1 fully saturated rings. The highest BCUT2D eigenvalue weighted by molar-refractivity contribution is 9.10. The molecule has 1 aliphatic heterocycles. The van der Waals surface area contributed by atoms with E-state index in [1.165, 1.54) is 19.3 Å². The number of hydrogen-bond acceptors (Lipinski definition) is 3. The molecular weight excluding hydrogens is 302 g/mol. The fourth-order valence-corrected chi connectivity index (χ4v) is 2.83. The van der Waals surface area contributed by atoms with Crippen LogP contribution in [0.1, 0.15) is 33.1 Å². The zero-order valence-electron chi connectivity index (χ0n) is 11.9. The maximum Gasteiger partial charge on any atom is 0.128 e. The first kappa shape index (κ1) is 14.8. The highest BCUT2D eigenvalue weighted by Crippen LogP contribution is 2.23. The van der Waals surface area contributed by atoms with Crippen LogP contribution in [-0.4, -0.2) is 30.7 Å². The Labute approximate surface area is 124 Å². The normalized spacial score (nSPS) is 20.0. The standard InChI is InChI=1S/C15H24BrN3/c1-12(2)9-17-11-14-5-3-4-8-19(14)15-7-6-13(16)10-18-15/h6-7,10,12,14,17H,3-5,8-9,11H2,1-2H3. The number of rotatable bonds is 5. The number of halogens is 1. The van der Waals surface area contributed by atoms with E-state index < -0.39 is 0 Å². The van der Waals surface area contributed by atoms with Crippen LogP contribution in [-0.2, 0) is 0 Å². The van der Waals surface area contributed by atoms with Gasteiger partial charge in [-0.15, -0.1) is 0 Å². The number of pyridine rings is 1. The van der Waals surface area contributed by atoms with Crippen molar-refractivity contribution in [1.82, 2.24) is 10.3 Å². The molecule has 1 aliphatic rings. The van der Waals surface area contributed by atoms with E-state index in [9.17, 15) is 0 Å². The summed E-state index contributed by atoms with van der Waals surface area (Å²) >= 11 is 3.45. The van der Waals surface area contributed by atoms with Crippen molar-refractivity contribution in [3.63, 3.8) is 0 Å². The SMILES string of the molecule is CC(C)CNCC1CCCCN1c1ccc(Br)cn1.